The second-order valence-corrected chi connectivity index (χ2v) is 5.26. The number of benzene rings is 1. The number of nitrogens with zero attached hydrogens (tertiary/aromatic N) is 1. The van der Waals surface area contributed by atoms with E-state index in [2.05, 4.69) is 31.5 Å². The van der Waals surface area contributed by atoms with Gasteiger partial charge < -0.3 is 0 Å². The molecule has 0 saturated carbocycles. The smallest absolute Gasteiger partial charge is 0.127 e. The van der Waals surface area contributed by atoms with E-state index in [4.69, 9.17) is 0 Å². The van der Waals surface area contributed by atoms with Gasteiger partial charge in [-0.1, -0.05) is 31.0 Å². The topological polar surface area (TPSA) is 3.24 Å². The SMILES string of the molecule is CC(c1ccccc1F)N(C)CCCCCCS. The Balaban J connectivity index is 2.37. The van der Waals surface area contributed by atoms with Crippen LogP contribution in [0.15, 0.2) is 24.3 Å². The monoisotopic (exact) mass is 269 g/mol. The molecule has 3 heteroatoms. The Hall–Kier alpha value is -0.540. The summed E-state index contributed by atoms with van der Waals surface area (Å²) in [5, 5.41) is 0. The number of unbranched alkanes of at least 4 members (excludes halogenated alkanes) is 3. The first-order chi connectivity index (χ1) is 8.66. The quantitative estimate of drug-likeness (QED) is 0.544. The molecular formula is C15H24FNS. The van der Waals surface area contributed by atoms with Crippen LogP contribution in [0.4, 0.5) is 4.39 Å². The number of hydrogen-bond donors (Lipinski definition) is 1. The van der Waals surface area contributed by atoms with Crippen molar-refractivity contribution in [2.45, 2.75) is 38.6 Å². The minimum atomic E-state index is -0.105. The molecule has 18 heavy (non-hydrogen) atoms. The second kappa shape index (κ2) is 8.54. The molecule has 0 aromatic heterocycles. The maximum absolute atomic E-state index is 13.7. The first-order valence-corrected chi connectivity index (χ1v) is 7.35. The standard InChI is InChI=1S/C15H24FNS/c1-13(14-9-5-6-10-15(14)16)17(2)11-7-3-4-8-12-18/h5-6,9-10,13,18H,3-4,7-8,11-12H2,1-2H3. The van der Waals surface area contributed by atoms with Gasteiger partial charge in [0.2, 0.25) is 0 Å². The average molecular weight is 269 g/mol. The molecule has 0 amide bonds. The molecule has 0 radical (unpaired) electrons. The summed E-state index contributed by atoms with van der Waals surface area (Å²) in [6.45, 7) is 3.08. The zero-order chi connectivity index (χ0) is 13.4. The van der Waals surface area contributed by atoms with Gasteiger partial charge in [-0.2, -0.15) is 12.6 Å². The van der Waals surface area contributed by atoms with Crippen LogP contribution >= 0.6 is 12.6 Å². The lowest BCUT2D eigenvalue weighted by Crippen LogP contribution is -2.24. The van der Waals surface area contributed by atoms with E-state index in [1.54, 1.807) is 6.07 Å². The number of halogens is 1. The van der Waals surface area contributed by atoms with Crippen molar-refractivity contribution < 1.29 is 4.39 Å². The predicted molar refractivity (Wildman–Crippen MR) is 79.8 cm³/mol. The van der Waals surface area contributed by atoms with Crippen molar-refractivity contribution in [1.82, 2.24) is 4.90 Å². The Kier molecular flexibility index (Phi) is 7.36. The van der Waals surface area contributed by atoms with Gasteiger partial charge in [0.15, 0.2) is 0 Å². The van der Waals surface area contributed by atoms with E-state index in [0.29, 0.717) is 0 Å². The van der Waals surface area contributed by atoms with Crippen molar-refractivity contribution >= 4 is 12.6 Å². The highest BCUT2D eigenvalue weighted by molar-refractivity contribution is 7.80. The van der Waals surface area contributed by atoms with Crippen LogP contribution in [0.3, 0.4) is 0 Å². The average Bonchev–Trinajstić information content (AvgIpc) is 2.38. The largest absolute Gasteiger partial charge is 0.300 e. The normalized spacial score (nSPS) is 12.9. The van der Waals surface area contributed by atoms with Gasteiger partial charge in [-0.25, -0.2) is 4.39 Å². The zero-order valence-electron chi connectivity index (χ0n) is 11.4. The molecule has 1 rings (SSSR count). The third kappa shape index (κ3) is 4.99. The summed E-state index contributed by atoms with van der Waals surface area (Å²) in [5.41, 5.74) is 0.787. The highest BCUT2D eigenvalue weighted by Crippen LogP contribution is 2.21. The molecule has 1 aromatic carbocycles. The lowest BCUT2D eigenvalue weighted by atomic mass is 10.1. The van der Waals surface area contributed by atoms with Gasteiger partial charge in [0.25, 0.3) is 0 Å². The van der Waals surface area contributed by atoms with Crippen LogP contribution in [-0.2, 0) is 0 Å². The number of rotatable bonds is 8. The molecule has 0 aliphatic heterocycles. The molecule has 0 aliphatic carbocycles. The van der Waals surface area contributed by atoms with E-state index in [1.165, 1.54) is 31.7 Å². The van der Waals surface area contributed by atoms with Crippen LogP contribution in [0.1, 0.15) is 44.2 Å². The maximum atomic E-state index is 13.7. The van der Waals surface area contributed by atoms with Crippen molar-refractivity contribution in [3.05, 3.63) is 35.6 Å². The van der Waals surface area contributed by atoms with Gasteiger partial charge in [-0.05, 0) is 45.2 Å². The van der Waals surface area contributed by atoms with Crippen LogP contribution in [-0.4, -0.2) is 24.2 Å². The maximum Gasteiger partial charge on any atom is 0.127 e. The fraction of sp³-hybridized carbons (Fsp3) is 0.600. The van der Waals surface area contributed by atoms with Crippen molar-refractivity contribution in [2.75, 3.05) is 19.3 Å². The molecule has 0 saturated heterocycles. The van der Waals surface area contributed by atoms with Crippen molar-refractivity contribution in [3.63, 3.8) is 0 Å². The van der Waals surface area contributed by atoms with Gasteiger partial charge in [-0.3, -0.25) is 4.90 Å². The van der Waals surface area contributed by atoms with Crippen LogP contribution in [0.2, 0.25) is 0 Å². The van der Waals surface area contributed by atoms with Gasteiger partial charge in [-0.15, -0.1) is 0 Å². The molecular weight excluding hydrogens is 245 g/mol. The van der Waals surface area contributed by atoms with Crippen molar-refractivity contribution in [2.24, 2.45) is 0 Å². The number of thiol groups is 1. The molecule has 0 spiro atoms. The van der Waals surface area contributed by atoms with Crippen molar-refractivity contribution in [3.8, 4) is 0 Å². The molecule has 1 unspecified atom stereocenters. The van der Waals surface area contributed by atoms with Crippen LogP contribution in [0.5, 0.6) is 0 Å². The Morgan fingerprint density at radius 1 is 1.17 bits per heavy atom. The third-order valence-electron chi connectivity index (χ3n) is 3.44. The van der Waals surface area contributed by atoms with E-state index < -0.39 is 0 Å². The fourth-order valence-electron chi connectivity index (χ4n) is 2.07. The molecule has 1 nitrogen and oxygen atoms in total. The van der Waals surface area contributed by atoms with Gasteiger partial charge in [0, 0.05) is 11.6 Å². The first kappa shape index (κ1) is 15.5. The van der Waals surface area contributed by atoms with E-state index in [0.717, 1.165) is 17.9 Å². The molecule has 0 heterocycles. The van der Waals surface area contributed by atoms with E-state index in [-0.39, 0.29) is 11.9 Å². The van der Waals surface area contributed by atoms with Gasteiger partial charge in [0.05, 0.1) is 0 Å². The first-order valence-electron chi connectivity index (χ1n) is 6.72. The Labute approximate surface area is 116 Å². The minimum Gasteiger partial charge on any atom is -0.300 e. The molecule has 1 aromatic rings. The molecule has 0 aliphatic rings. The van der Waals surface area contributed by atoms with Crippen LogP contribution in [0, 0.1) is 5.82 Å². The highest BCUT2D eigenvalue weighted by atomic mass is 32.1. The molecule has 0 fully saturated rings. The predicted octanol–water partition coefficient (Wildman–Crippen LogP) is 4.31. The minimum absolute atomic E-state index is 0.105. The molecule has 0 N–H and O–H groups in total. The summed E-state index contributed by atoms with van der Waals surface area (Å²) in [6, 6.07) is 7.18. The van der Waals surface area contributed by atoms with Gasteiger partial charge in [0.1, 0.15) is 5.82 Å². The van der Waals surface area contributed by atoms with E-state index >= 15 is 0 Å². The fourth-order valence-corrected chi connectivity index (χ4v) is 2.30. The lowest BCUT2D eigenvalue weighted by molar-refractivity contribution is 0.250. The van der Waals surface area contributed by atoms with Crippen LogP contribution < -0.4 is 0 Å². The Morgan fingerprint density at radius 2 is 1.83 bits per heavy atom. The number of hydrogen-bond acceptors (Lipinski definition) is 2. The van der Waals surface area contributed by atoms with Gasteiger partial charge >= 0.3 is 0 Å². The zero-order valence-corrected chi connectivity index (χ0v) is 12.3. The summed E-state index contributed by atoms with van der Waals surface area (Å²) in [7, 11) is 2.07. The second-order valence-electron chi connectivity index (χ2n) is 4.82. The molecule has 0 bridgehead atoms. The Bertz CT molecular complexity index is 343. The summed E-state index contributed by atoms with van der Waals surface area (Å²) >= 11 is 4.20. The Morgan fingerprint density at radius 3 is 2.50 bits per heavy atom. The summed E-state index contributed by atoms with van der Waals surface area (Å²) < 4.78 is 13.7. The summed E-state index contributed by atoms with van der Waals surface area (Å²) in [5.74, 6) is 0.869. The molecule has 102 valence electrons. The molecule has 1 atom stereocenters. The highest BCUT2D eigenvalue weighted by Gasteiger charge is 2.14. The third-order valence-corrected chi connectivity index (χ3v) is 3.75. The van der Waals surface area contributed by atoms with E-state index in [1.807, 2.05) is 12.1 Å². The van der Waals surface area contributed by atoms with Crippen molar-refractivity contribution in [1.29, 1.82) is 0 Å². The van der Waals surface area contributed by atoms with Crippen LogP contribution in [0.25, 0.3) is 0 Å². The van der Waals surface area contributed by atoms with E-state index in [9.17, 15) is 4.39 Å². The summed E-state index contributed by atoms with van der Waals surface area (Å²) in [6.07, 6.45) is 4.83. The summed E-state index contributed by atoms with van der Waals surface area (Å²) in [4.78, 5) is 2.22. The lowest BCUT2D eigenvalue weighted by Gasteiger charge is -2.25.